The van der Waals surface area contributed by atoms with E-state index in [0.717, 1.165) is 12.3 Å². The van der Waals surface area contributed by atoms with Crippen LogP contribution < -0.4 is 0 Å². The van der Waals surface area contributed by atoms with Crippen LogP contribution >= 0.6 is 15.9 Å². The lowest BCUT2D eigenvalue weighted by atomic mass is 9.90. The van der Waals surface area contributed by atoms with Crippen molar-refractivity contribution in [2.45, 2.75) is 50.8 Å². The Morgan fingerprint density at radius 3 is 2.25 bits per heavy atom. The van der Waals surface area contributed by atoms with Gasteiger partial charge in [-0.15, -0.1) is 0 Å². The Hall–Kier alpha value is -0.820. The molecule has 0 aromatic heterocycles. The average Bonchev–Trinajstić information content (AvgIpc) is 2.47. The van der Waals surface area contributed by atoms with Gasteiger partial charge in [-0.2, -0.15) is 0 Å². The molecular weight excluding hydrogens is 308 g/mol. The number of alkyl halides is 1. The predicted octanol–water partition coefficient (Wildman–Crippen LogP) is 6.36. The zero-order chi connectivity index (χ0) is 14.4. The largest absolute Gasteiger partial charge is 0.0884 e. The van der Waals surface area contributed by atoms with Crippen molar-refractivity contribution in [3.63, 3.8) is 0 Å². The summed E-state index contributed by atoms with van der Waals surface area (Å²) in [6, 6.07) is 15.4. The molecule has 0 bridgehead atoms. The van der Waals surface area contributed by atoms with Gasteiger partial charge in [0.15, 0.2) is 0 Å². The molecule has 0 N–H and O–H groups in total. The third-order valence-corrected chi connectivity index (χ3v) is 5.20. The van der Waals surface area contributed by atoms with Gasteiger partial charge in [0.05, 0.1) is 0 Å². The minimum absolute atomic E-state index is 0.591. The number of rotatable bonds is 7. The highest BCUT2D eigenvalue weighted by Crippen LogP contribution is 2.29. The van der Waals surface area contributed by atoms with Crippen LogP contribution in [0.15, 0.2) is 42.5 Å². The Morgan fingerprint density at radius 2 is 1.55 bits per heavy atom. The van der Waals surface area contributed by atoms with Crippen LogP contribution in [0.25, 0.3) is 10.8 Å². The van der Waals surface area contributed by atoms with Crippen molar-refractivity contribution < 1.29 is 0 Å². The standard InChI is InChI=1S/C19H25Br/c1-3-8-16(9-4-2)19(20)14-17-12-7-11-15-10-5-6-13-18(15)17/h5-7,10-13,16,19H,3-4,8-9,14H2,1-2H3. The SMILES string of the molecule is CCCC(CCC)C(Br)Cc1cccc2ccccc12. The second kappa shape index (κ2) is 7.83. The summed E-state index contributed by atoms with van der Waals surface area (Å²) >= 11 is 3.97. The van der Waals surface area contributed by atoms with E-state index < -0.39 is 0 Å². The fraction of sp³-hybridized carbons (Fsp3) is 0.474. The molecule has 0 aliphatic carbocycles. The second-order valence-electron chi connectivity index (χ2n) is 5.70. The maximum absolute atomic E-state index is 3.97. The monoisotopic (exact) mass is 332 g/mol. The zero-order valence-corrected chi connectivity index (χ0v) is 14.2. The van der Waals surface area contributed by atoms with Crippen molar-refractivity contribution >= 4 is 26.7 Å². The summed E-state index contributed by atoms with van der Waals surface area (Å²) < 4.78 is 0. The number of hydrogen-bond acceptors (Lipinski definition) is 0. The molecule has 2 aromatic carbocycles. The molecule has 2 rings (SSSR count). The molecule has 0 saturated carbocycles. The summed E-state index contributed by atoms with van der Waals surface area (Å²) in [4.78, 5) is 0.591. The molecule has 108 valence electrons. The van der Waals surface area contributed by atoms with Crippen LogP contribution in [0.4, 0.5) is 0 Å². The zero-order valence-electron chi connectivity index (χ0n) is 12.6. The van der Waals surface area contributed by atoms with Gasteiger partial charge >= 0.3 is 0 Å². The Labute approximate surface area is 131 Å². The summed E-state index contributed by atoms with van der Waals surface area (Å²) in [5.74, 6) is 0.795. The van der Waals surface area contributed by atoms with Gasteiger partial charge in [0.25, 0.3) is 0 Å². The van der Waals surface area contributed by atoms with Crippen LogP contribution in [0.5, 0.6) is 0 Å². The van der Waals surface area contributed by atoms with E-state index in [1.807, 2.05) is 0 Å². The van der Waals surface area contributed by atoms with Crippen LogP contribution in [-0.2, 0) is 6.42 Å². The quantitative estimate of drug-likeness (QED) is 0.517. The molecule has 0 aliphatic heterocycles. The third kappa shape index (κ3) is 3.85. The first kappa shape index (κ1) is 15.6. The van der Waals surface area contributed by atoms with Gasteiger partial charge in [0, 0.05) is 4.83 Å². The van der Waals surface area contributed by atoms with E-state index >= 15 is 0 Å². The van der Waals surface area contributed by atoms with Gasteiger partial charge in [0.1, 0.15) is 0 Å². The molecule has 0 saturated heterocycles. The van der Waals surface area contributed by atoms with Crippen LogP contribution in [0.3, 0.4) is 0 Å². The molecule has 1 heteroatoms. The predicted molar refractivity (Wildman–Crippen MR) is 93.7 cm³/mol. The molecule has 0 spiro atoms. The molecule has 20 heavy (non-hydrogen) atoms. The molecule has 2 aromatic rings. The van der Waals surface area contributed by atoms with Crippen molar-refractivity contribution in [2.24, 2.45) is 5.92 Å². The van der Waals surface area contributed by atoms with Crippen molar-refractivity contribution in [1.82, 2.24) is 0 Å². The van der Waals surface area contributed by atoms with Gasteiger partial charge in [-0.1, -0.05) is 85.1 Å². The Morgan fingerprint density at radius 1 is 0.900 bits per heavy atom. The third-order valence-electron chi connectivity index (χ3n) is 4.13. The van der Waals surface area contributed by atoms with E-state index in [9.17, 15) is 0 Å². The fourth-order valence-corrected chi connectivity index (χ4v) is 3.97. The molecular formula is C19H25Br. The minimum Gasteiger partial charge on any atom is -0.0884 e. The Bertz CT molecular complexity index is 521. The van der Waals surface area contributed by atoms with E-state index in [0.29, 0.717) is 4.83 Å². The highest BCUT2D eigenvalue weighted by atomic mass is 79.9. The number of benzene rings is 2. The average molecular weight is 333 g/mol. The minimum atomic E-state index is 0.591. The van der Waals surface area contributed by atoms with Crippen LogP contribution in [0, 0.1) is 5.92 Å². The maximum Gasteiger partial charge on any atom is 0.0214 e. The first-order chi connectivity index (χ1) is 9.76. The lowest BCUT2D eigenvalue weighted by molar-refractivity contribution is 0.427. The molecule has 1 unspecified atom stereocenters. The number of hydrogen-bond donors (Lipinski definition) is 0. The molecule has 0 fully saturated rings. The molecule has 0 heterocycles. The second-order valence-corrected chi connectivity index (χ2v) is 6.87. The van der Waals surface area contributed by atoms with E-state index in [4.69, 9.17) is 0 Å². The first-order valence-corrected chi connectivity index (χ1v) is 8.78. The van der Waals surface area contributed by atoms with Gasteiger partial charge in [-0.3, -0.25) is 0 Å². The summed E-state index contributed by atoms with van der Waals surface area (Å²) in [6.45, 7) is 4.58. The normalized spacial score (nSPS) is 13.0. The van der Waals surface area contributed by atoms with Gasteiger partial charge < -0.3 is 0 Å². The Balaban J connectivity index is 2.18. The van der Waals surface area contributed by atoms with Crippen molar-refractivity contribution in [3.05, 3.63) is 48.0 Å². The Kier molecular flexibility index (Phi) is 6.09. The molecule has 0 nitrogen and oxygen atoms in total. The summed E-state index contributed by atoms with van der Waals surface area (Å²) in [7, 11) is 0. The summed E-state index contributed by atoms with van der Waals surface area (Å²) in [5.41, 5.74) is 1.47. The first-order valence-electron chi connectivity index (χ1n) is 7.87. The number of fused-ring (bicyclic) bond motifs is 1. The molecule has 0 radical (unpaired) electrons. The molecule has 0 amide bonds. The fourth-order valence-electron chi connectivity index (χ4n) is 3.09. The highest BCUT2D eigenvalue weighted by Gasteiger charge is 2.18. The van der Waals surface area contributed by atoms with Gasteiger partial charge in [-0.25, -0.2) is 0 Å². The number of halogens is 1. The van der Waals surface area contributed by atoms with Crippen molar-refractivity contribution in [3.8, 4) is 0 Å². The topological polar surface area (TPSA) is 0 Å². The highest BCUT2D eigenvalue weighted by molar-refractivity contribution is 9.09. The molecule has 1 atom stereocenters. The van der Waals surface area contributed by atoms with Gasteiger partial charge in [0.2, 0.25) is 0 Å². The van der Waals surface area contributed by atoms with E-state index in [1.165, 1.54) is 42.0 Å². The smallest absolute Gasteiger partial charge is 0.0214 e. The summed E-state index contributed by atoms with van der Waals surface area (Å²) in [5, 5.41) is 2.76. The van der Waals surface area contributed by atoms with E-state index in [-0.39, 0.29) is 0 Å². The lowest BCUT2D eigenvalue weighted by Crippen LogP contribution is -2.17. The van der Waals surface area contributed by atoms with Crippen molar-refractivity contribution in [1.29, 1.82) is 0 Å². The van der Waals surface area contributed by atoms with Gasteiger partial charge in [-0.05, 0) is 41.5 Å². The van der Waals surface area contributed by atoms with Crippen LogP contribution in [0.2, 0.25) is 0 Å². The summed E-state index contributed by atoms with van der Waals surface area (Å²) in [6.07, 6.45) is 6.35. The van der Waals surface area contributed by atoms with Crippen LogP contribution in [-0.4, -0.2) is 4.83 Å². The molecule has 0 aliphatic rings. The van der Waals surface area contributed by atoms with E-state index in [2.05, 4.69) is 72.2 Å². The maximum atomic E-state index is 3.97. The lowest BCUT2D eigenvalue weighted by Gasteiger charge is -2.22. The van der Waals surface area contributed by atoms with E-state index in [1.54, 1.807) is 0 Å². The van der Waals surface area contributed by atoms with Crippen molar-refractivity contribution in [2.75, 3.05) is 0 Å². The van der Waals surface area contributed by atoms with Crippen LogP contribution in [0.1, 0.15) is 45.1 Å².